The third kappa shape index (κ3) is 2.54. The highest BCUT2D eigenvalue weighted by molar-refractivity contribution is 5.87. The molecular weight excluding hydrogens is 262 g/mol. The van der Waals surface area contributed by atoms with Crippen molar-refractivity contribution in [3.8, 4) is 0 Å². The highest BCUT2D eigenvalue weighted by Crippen LogP contribution is 2.35. The van der Waals surface area contributed by atoms with Crippen molar-refractivity contribution in [2.75, 3.05) is 13.7 Å². The number of methoxy groups -OCH3 is 1. The van der Waals surface area contributed by atoms with Crippen molar-refractivity contribution in [2.45, 2.75) is 51.5 Å². The summed E-state index contributed by atoms with van der Waals surface area (Å²) >= 11 is 0. The molecule has 1 amide bonds. The molecule has 6 atom stereocenters. The van der Waals surface area contributed by atoms with E-state index in [1.165, 1.54) is 12.0 Å². The Labute approximate surface area is 119 Å². The number of carbonyl (C=O) groups excluding carboxylic acids is 2. The molecule has 20 heavy (non-hydrogen) atoms. The predicted molar refractivity (Wildman–Crippen MR) is 70.8 cm³/mol. The Morgan fingerprint density at radius 2 is 1.90 bits per heavy atom. The number of nitrogens with zero attached hydrogens (tertiary/aromatic N) is 1. The van der Waals surface area contributed by atoms with Gasteiger partial charge in [0.25, 0.3) is 0 Å². The minimum Gasteiger partial charge on any atom is -0.467 e. The minimum absolute atomic E-state index is 0.0167. The Bertz CT molecular complexity index is 399. The molecule has 2 aliphatic heterocycles. The summed E-state index contributed by atoms with van der Waals surface area (Å²) in [5.74, 6) is -0.778. The van der Waals surface area contributed by atoms with Gasteiger partial charge in [0, 0.05) is 13.0 Å². The first-order chi connectivity index (χ1) is 9.36. The van der Waals surface area contributed by atoms with Gasteiger partial charge in [-0.15, -0.1) is 0 Å². The zero-order chi connectivity index (χ0) is 15.0. The molecule has 0 aromatic heterocycles. The van der Waals surface area contributed by atoms with Gasteiger partial charge in [-0.1, -0.05) is 6.92 Å². The van der Waals surface area contributed by atoms with Gasteiger partial charge in [-0.25, -0.2) is 4.79 Å². The van der Waals surface area contributed by atoms with Crippen molar-refractivity contribution in [1.29, 1.82) is 0 Å². The Morgan fingerprint density at radius 1 is 1.25 bits per heavy atom. The fraction of sp³-hybridized carbons (Fsp3) is 0.857. The molecule has 0 bridgehead atoms. The van der Waals surface area contributed by atoms with Crippen LogP contribution in [0.15, 0.2) is 0 Å². The van der Waals surface area contributed by atoms with Crippen LogP contribution in [0.5, 0.6) is 0 Å². The second-order valence-electron chi connectivity index (χ2n) is 5.85. The molecule has 2 rings (SSSR count). The number of carbonyl (C=O) groups is 2. The summed E-state index contributed by atoms with van der Waals surface area (Å²) in [5.41, 5.74) is 0. The van der Waals surface area contributed by atoms with E-state index in [0.717, 1.165) is 0 Å². The summed E-state index contributed by atoms with van der Waals surface area (Å²) in [4.78, 5) is 25.9. The van der Waals surface area contributed by atoms with Crippen molar-refractivity contribution in [3.05, 3.63) is 0 Å². The number of likely N-dealkylation sites (tertiary alicyclic amines) is 1. The summed E-state index contributed by atoms with van der Waals surface area (Å²) < 4.78 is 10.4. The largest absolute Gasteiger partial charge is 0.467 e. The minimum atomic E-state index is -0.683. The molecule has 6 nitrogen and oxygen atoms in total. The standard InChI is InChI=1S/C14H23NO5/c1-7-8(2)20-9(3)12(7)13(17)15-6-10(16)5-11(15)14(18)19-4/h7-12,16H,5-6H2,1-4H3. The molecule has 0 aromatic carbocycles. The van der Waals surface area contributed by atoms with Crippen LogP contribution in [0.4, 0.5) is 0 Å². The molecule has 0 aliphatic carbocycles. The Morgan fingerprint density at radius 3 is 2.40 bits per heavy atom. The van der Waals surface area contributed by atoms with Crippen LogP contribution in [-0.2, 0) is 19.1 Å². The first kappa shape index (κ1) is 15.3. The number of aliphatic hydroxyl groups is 1. The normalized spacial score (nSPS) is 41.0. The number of β-amino-alcohol motifs (C(OH)–C–C–N with tert-alkyl or cyclic N) is 1. The maximum absolute atomic E-state index is 12.7. The van der Waals surface area contributed by atoms with E-state index in [0.29, 0.717) is 0 Å². The van der Waals surface area contributed by atoms with Crippen LogP contribution < -0.4 is 0 Å². The van der Waals surface area contributed by atoms with Gasteiger partial charge < -0.3 is 19.5 Å². The average molecular weight is 285 g/mol. The first-order valence-corrected chi connectivity index (χ1v) is 7.08. The molecule has 6 unspecified atom stereocenters. The molecule has 0 saturated carbocycles. The molecule has 2 saturated heterocycles. The van der Waals surface area contributed by atoms with E-state index in [1.54, 1.807) is 0 Å². The van der Waals surface area contributed by atoms with Gasteiger partial charge in [-0.3, -0.25) is 4.79 Å². The molecular formula is C14H23NO5. The van der Waals surface area contributed by atoms with E-state index in [9.17, 15) is 14.7 Å². The van der Waals surface area contributed by atoms with E-state index in [2.05, 4.69) is 0 Å². The Balaban J connectivity index is 2.17. The van der Waals surface area contributed by atoms with E-state index in [1.807, 2.05) is 20.8 Å². The van der Waals surface area contributed by atoms with Crippen LogP contribution >= 0.6 is 0 Å². The lowest BCUT2D eigenvalue weighted by atomic mass is 9.88. The lowest BCUT2D eigenvalue weighted by molar-refractivity contribution is -0.153. The predicted octanol–water partition coefficient (Wildman–Crippen LogP) is 0.181. The molecule has 1 N–H and O–H groups in total. The van der Waals surface area contributed by atoms with Crippen LogP contribution in [0.2, 0.25) is 0 Å². The van der Waals surface area contributed by atoms with Crippen LogP contribution in [0.1, 0.15) is 27.2 Å². The smallest absolute Gasteiger partial charge is 0.328 e. The molecule has 0 aromatic rings. The third-order valence-corrected chi connectivity index (χ3v) is 4.56. The van der Waals surface area contributed by atoms with Gasteiger partial charge in [0.15, 0.2) is 0 Å². The maximum atomic E-state index is 12.7. The molecule has 2 heterocycles. The molecule has 0 radical (unpaired) electrons. The van der Waals surface area contributed by atoms with E-state index in [-0.39, 0.29) is 42.9 Å². The zero-order valence-electron chi connectivity index (χ0n) is 12.4. The molecule has 2 fully saturated rings. The third-order valence-electron chi connectivity index (χ3n) is 4.56. The van der Waals surface area contributed by atoms with Gasteiger partial charge in [0.1, 0.15) is 6.04 Å². The highest BCUT2D eigenvalue weighted by Gasteiger charge is 2.48. The van der Waals surface area contributed by atoms with Crippen molar-refractivity contribution in [3.63, 3.8) is 0 Å². The lowest BCUT2D eigenvalue weighted by Gasteiger charge is -2.28. The van der Waals surface area contributed by atoms with Crippen LogP contribution in [0.25, 0.3) is 0 Å². The van der Waals surface area contributed by atoms with E-state index >= 15 is 0 Å². The van der Waals surface area contributed by atoms with Gasteiger partial charge in [-0.2, -0.15) is 0 Å². The number of rotatable bonds is 2. The van der Waals surface area contributed by atoms with Gasteiger partial charge in [0.2, 0.25) is 5.91 Å². The number of esters is 1. The van der Waals surface area contributed by atoms with E-state index < -0.39 is 18.1 Å². The highest BCUT2D eigenvalue weighted by atomic mass is 16.5. The zero-order valence-corrected chi connectivity index (χ0v) is 12.4. The number of amides is 1. The molecule has 114 valence electrons. The van der Waals surface area contributed by atoms with Crippen LogP contribution in [0.3, 0.4) is 0 Å². The first-order valence-electron chi connectivity index (χ1n) is 7.08. The SMILES string of the molecule is COC(=O)C1CC(O)CN1C(=O)C1C(C)OC(C)C1C. The summed E-state index contributed by atoms with van der Waals surface area (Å²) in [6.07, 6.45) is -0.593. The fourth-order valence-electron chi connectivity index (χ4n) is 3.30. The van der Waals surface area contributed by atoms with Crippen molar-refractivity contribution in [1.82, 2.24) is 4.90 Å². The quantitative estimate of drug-likeness (QED) is 0.733. The number of hydrogen-bond acceptors (Lipinski definition) is 5. The molecule has 2 aliphatic rings. The maximum Gasteiger partial charge on any atom is 0.328 e. The molecule has 6 heteroatoms. The van der Waals surface area contributed by atoms with E-state index in [4.69, 9.17) is 9.47 Å². The summed E-state index contributed by atoms with van der Waals surface area (Å²) in [5, 5.41) is 9.76. The van der Waals surface area contributed by atoms with Gasteiger partial charge in [-0.05, 0) is 19.8 Å². The van der Waals surface area contributed by atoms with Gasteiger partial charge in [0.05, 0.1) is 31.3 Å². The second kappa shape index (κ2) is 5.69. The molecule has 0 spiro atoms. The lowest BCUT2D eigenvalue weighted by Crippen LogP contribution is -2.46. The average Bonchev–Trinajstić information content (AvgIpc) is 2.90. The summed E-state index contributed by atoms with van der Waals surface area (Å²) in [6.45, 7) is 5.99. The summed E-state index contributed by atoms with van der Waals surface area (Å²) in [7, 11) is 1.29. The topological polar surface area (TPSA) is 76.1 Å². The monoisotopic (exact) mass is 285 g/mol. The number of ether oxygens (including phenoxy) is 2. The van der Waals surface area contributed by atoms with Gasteiger partial charge >= 0.3 is 5.97 Å². The Hall–Kier alpha value is -1.14. The fourth-order valence-corrected chi connectivity index (χ4v) is 3.30. The summed E-state index contributed by atoms with van der Waals surface area (Å²) in [6, 6.07) is -0.683. The second-order valence-corrected chi connectivity index (χ2v) is 5.85. The number of aliphatic hydroxyl groups excluding tert-OH is 1. The number of hydrogen-bond donors (Lipinski definition) is 1. The van der Waals surface area contributed by atoms with Crippen LogP contribution in [0, 0.1) is 11.8 Å². The van der Waals surface area contributed by atoms with Crippen molar-refractivity contribution in [2.24, 2.45) is 11.8 Å². The van der Waals surface area contributed by atoms with Crippen LogP contribution in [-0.4, -0.2) is 59.9 Å². The van der Waals surface area contributed by atoms with Crippen molar-refractivity contribution >= 4 is 11.9 Å². The van der Waals surface area contributed by atoms with Crippen molar-refractivity contribution < 1.29 is 24.2 Å². The Kier molecular flexibility index (Phi) is 4.34.